The molecule has 192 valence electrons. The molecule has 5 rings (SSSR count). The van der Waals surface area contributed by atoms with Crippen LogP contribution in [0, 0.1) is 63.6 Å². The molecule has 11 atom stereocenters. The number of rotatable bonds is 4. The highest BCUT2D eigenvalue weighted by molar-refractivity contribution is 8.13. The van der Waals surface area contributed by atoms with E-state index in [2.05, 4.69) is 33.0 Å². The maximum atomic E-state index is 12.7. The Kier molecular flexibility index (Phi) is 6.94. The molecule has 1 saturated heterocycles. The van der Waals surface area contributed by atoms with Gasteiger partial charge >= 0.3 is 0 Å². The zero-order chi connectivity index (χ0) is 24.3. The molecule has 5 fully saturated rings. The summed E-state index contributed by atoms with van der Waals surface area (Å²) in [7, 11) is 0. The van der Waals surface area contributed by atoms with Crippen molar-refractivity contribution in [2.75, 3.05) is 5.75 Å². The van der Waals surface area contributed by atoms with E-state index >= 15 is 0 Å². The predicted molar refractivity (Wildman–Crippen MR) is 141 cm³/mol. The van der Waals surface area contributed by atoms with Gasteiger partial charge in [0, 0.05) is 11.7 Å². The number of thioether (sulfide) groups is 1. The SMILES string of the molecule is CC[C@H]1[C@@H](O)C2C3CCC([C@H](C)CC4CCSC(=N)NC4=O)[C@@]3(C)CCC2[C@@]2(C)CCCC[C@@H]12. The van der Waals surface area contributed by atoms with E-state index in [-0.39, 0.29) is 17.9 Å². The zero-order valence-corrected chi connectivity index (χ0v) is 22.8. The van der Waals surface area contributed by atoms with Crippen molar-refractivity contribution >= 4 is 22.8 Å². The first-order valence-corrected chi connectivity index (χ1v) is 15.4. The maximum absolute atomic E-state index is 12.7. The number of carbonyl (C=O) groups is 1. The molecule has 5 unspecified atom stereocenters. The van der Waals surface area contributed by atoms with Crippen molar-refractivity contribution < 1.29 is 9.90 Å². The molecule has 5 heteroatoms. The third kappa shape index (κ3) is 3.90. The minimum absolute atomic E-state index is 0.0380. The normalized spacial score (nSPS) is 49.9. The van der Waals surface area contributed by atoms with Crippen LogP contribution in [0.15, 0.2) is 0 Å². The number of aliphatic hydroxyl groups is 1. The monoisotopic (exact) mass is 488 g/mol. The van der Waals surface area contributed by atoms with Gasteiger partial charge in [0.1, 0.15) is 0 Å². The van der Waals surface area contributed by atoms with Crippen molar-refractivity contribution in [3.8, 4) is 0 Å². The van der Waals surface area contributed by atoms with Gasteiger partial charge < -0.3 is 10.4 Å². The van der Waals surface area contributed by atoms with Gasteiger partial charge in [0.2, 0.25) is 5.91 Å². The lowest BCUT2D eigenvalue weighted by atomic mass is 9.41. The van der Waals surface area contributed by atoms with E-state index in [1.807, 2.05) is 0 Å². The highest BCUT2D eigenvalue weighted by Crippen LogP contribution is 2.69. The van der Waals surface area contributed by atoms with Gasteiger partial charge in [-0.2, -0.15) is 0 Å². The van der Waals surface area contributed by atoms with Crippen LogP contribution in [-0.4, -0.2) is 28.0 Å². The Hall–Kier alpha value is -0.550. The molecule has 3 N–H and O–H groups in total. The molecular weight excluding hydrogens is 440 g/mol. The highest BCUT2D eigenvalue weighted by atomic mass is 32.2. The number of fused-ring (bicyclic) bond motifs is 5. The predicted octanol–water partition coefficient (Wildman–Crippen LogP) is 6.47. The van der Waals surface area contributed by atoms with Crippen LogP contribution in [0.25, 0.3) is 0 Å². The van der Waals surface area contributed by atoms with E-state index in [0.717, 1.165) is 25.0 Å². The minimum atomic E-state index is -0.125. The fourth-order valence-corrected chi connectivity index (χ4v) is 11.3. The number of nitrogens with one attached hydrogen (secondary N) is 2. The van der Waals surface area contributed by atoms with Gasteiger partial charge in [-0.25, -0.2) is 0 Å². The van der Waals surface area contributed by atoms with E-state index in [4.69, 9.17) is 5.41 Å². The Labute approximate surface area is 211 Å². The van der Waals surface area contributed by atoms with E-state index in [0.29, 0.717) is 57.4 Å². The average Bonchev–Trinajstić information content (AvgIpc) is 3.07. The third-order valence-corrected chi connectivity index (χ3v) is 12.9. The van der Waals surface area contributed by atoms with Crippen molar-refractivity contribution in [2.45, 2.75) is 104 Å². The lowest BCUT2D eigenvalue weighted by Crippen LogP contribution is -2.61. The van der Waals surface area contributed by atoms with Crippen LogP contribution in [-0.2, 0) is 4.79 Å². The Morgan fingerprint density at radius 3 is 2.59 bits per heavy atom. The average molecular weight is 489 g/mol. The summed E-state index contributed by atoms with van der Waals surface area (Å²) >= 11 is 1.47. The number of amidine groups is 1. The van der Waals surface area contributed by atoms with Crippen LogP contribution in [0.1, 0.15) is 98.3 Å². The van der Waals surface area contributed by atoms with Crippen LogP contribution in [0.5, 0.6) is 0 Å². The molecule has 1 aliphatic heterocycles. The van der Waals surface area contributed by atoms with Gasteiger partial charge in [-0.05, 0) is 104 Å². The summed E-state index contributed by atoms with van der Waals surface area (Å²) in [6.07, 6.45) is 13.4. The van der Waals surface area contributed by atoms with Gasteiger partial charge in [0.05, 0.1) is 6.10 Å². The fraction of sp³-hybridized carbons (Fsp3) is 0.931. The second-order valence-electron chi connectivity index (χ2n) is 13.3. The van der Waals surface area contributed by atoms with Crippen molar-refractivity contribution in [2.24, 2.45) is 58.2 Å². The summed E-state index contributed by atoms with van der Waals surface area (Å²) in [5, 5.41) is 22.9. The number of carbonyl (C=O) groups excluding carboxylic acids is 1. The molecule has 0 aromatic rings. The smallest absolute Gasteiger partial charge is 0.229 e. The number of amides is 1. The lowest BCUT2D eigenvalue weighted by Gasteiger charge is -2.64. The molecule has 0 aromatic heterocycles. The van der Waals surface area contributed by atoms with Gasteiger partial charge in [-0.1, -0.05) is 58.7 Å². The third-order valence-electron chi connectivity index (χ3n) is 12.1. The molecule has 1 amide bonds. The van der Waals surface area contributed by atoms with Crippen LogP contribution in [0.4, 0.5) is 0 Å². The zero-order valence-electron chi connectivity index (χ0n) is 21.9. The minimum Gasteiger partial charge on any atom is -0.393 e. The number of hydrogen-bond donors (Lipinski definition) is 3. The molecule has 0 aromatic carbocycles. The Morgan fingerprint density at radius 1 is 1.06 bits per heavy atom. The Balaban J connectivity index is 1.37. The second kappa shape index (κ2) is 9.39. The summed E-state index contributed by atoms with van der Waals surface area (Å²) in [6.45, 7) is 9.89. The van der Waals surface area contributed by atoms with Gasteiger partial charge in [0.25, 0.3) is 0 Å². The summed E-state index contributed by atoms with van der Waals surface area (Å²) in [5.41, 5.74) is 0.717. The summed E-state index contributed by atoms with van der Waals surface area (Å²) < 4.78 is 0. The molecule has 5 aliphatic rings. The first kappa shape index (κ1) is 25.1. The van der Waals surface area contributed by atoms with Gasteiger partial charge in [-0.3, -0.25) is 10.2 Å². The van der Waals surface area contributed by atoms with Crippen molar-refractivity contribution in [1.82, 2.24) is 5.32 Å². The molecule has 4 nitrogen and oxygen atoms in total. The van der Waals surface area contributed by atoms with E-state index < -0.39 is 0 Å². The summed E-state index contributed by atoms with van der Waals surface area (Å²) in [6, 6.07) is 0. The highest BCUT2D eigenvalue weighted by Gasteiger charge is 2.64. The van der Waals surface area contributed by atoms with Crippen molar-refractivity contribution in [3.05, 3.63) is 0 Å². The molecule has 1 heterocycles. The Bertz CT molecular complexity index is 803. The molecule has 0 radical (unpaired) electrons. The van der Waals surface area contributed by atoms with Crippen molar-refractivity contribution in [3.63, 3.8) is 0 Å². The van der Waals surface area contributed by atoms with E-state index in [9.17, 15) is 9.90 Å². The standard InChI is InChI=1S/C29H48N2O2S/c1-5-19-21-8-6-7-13-28(21,3)23-11-14-29(4)20(9-10-22(29)24(23)25(19)32)17(2)16-18-12-15-34-27(30)31-26(18)33/h17-25,32H,5-16H2,1-4H3,(H2,30,31,33)/t17-,18?,19-,20?,21+,22?,23?,24?,25-,28+,29-/m1/s1. The van der Waals surface area contributed by atoms with E-state index in [1.54, 1.807) is 0 Å². The molecule has 0 spiro atoms. The van der Waals surface area contributed by atoms with E-state index in [1.165, 1.54) is 63.1 Å². The first-order chi connectivity index (χ1) is 16.2. The van der Waals surface area contributed by atoms with Crippen LogP contribution in [0.3, 0.4) is 0 Å². The van der Waals surface area contributed by atoms with Crippen molar-refractivity contribution in [1.29, 1.82) is 5.41 Å². The topological polar surface area (TPSA) is 73.2 Å². The lowest BCUT2D eigenvalue weighted by molar-refractivity contribution is -0.194. The fourth-order valence-electron chi connectivity index (χ4n) is 10.5. The number of hydrogen-bond acceptors (Lipinski definition) is 4. The molecular formula is C29H48N2O2S. The number of aliphatic hydroxyl groups excluding tert-OH is 1. The second-order valence-corrected chi connectivity index (χ2v) is 14.4. The molecule has 0 bridgehead atoms. The quantitative estimate of drug-likeness (QED) is 0.424. The molecule has 34 heavy (non-hydrogen) atoms. The Morgan fingerprint density at radius 2 is 1.82 bits per heavy atom. The summed E-state index contributed by atoms with van der Waals surface area (Å²) in [4.78, 5) is 12.7. The van der Waals surface area contributed by atoms with Gasteiger partial charge in [0.15, 0.2) is 5.17 Å². The van der Waals surface area contributed by atoms with Crippen LogP contribution in [0.2, 0.25) is 0 Å². The van der Waals surface area contributed by atoms with Crippen LogP contribution < -0.4 is 5.32 Å². The largest absolute Gasteiger partial charge is 0.393 e. The molecule has 4 saturated carbocycles. The maximum Gasteiger partial charge on any atom is 0.229 e. The first-order valence-electron chi connectivity index (χ1n) is 14.4. The van der Waals surface area contributed by atoms with Crippen LogP contribution >= 0.6 is 11.8 Å². The van der Waals surface area contributed by atoms with Gasteiger partial charge in [-0.15, -0.1) is 0 Å². The summed E-state index contributed by atoms with van der Waals surface area (Å²) in [5.74, 6) is 5.12. The molecule has 4 aliphatic carbocycles.